The molecule has 10 heteroatoms. The van der Waals surface area contributed by atoms with Crippen LogP contribution < -0.4 is 11.1 Å². The molecule has 0 spiro atoms. The maximum Gasteiger partial charge on any atom is 0.331 e. The number of carbonyl (C=O) groups is 3. The summed E-state index contributed by atoms with van der Waals surface area (Å²) >= 11 is 6.29. The number of carbonyl (C=O) groups excluding carboxylic acids is 3. The summed E-state index contributed by atoms with van der Waals surface area (Å²) in [5.74, 6) is -2.06. The fourth-order valence-electron chi connectivity index (χ4n) is 2.10. The molecule has 1 heterocycles. The number of rotatable bonds is 5. The van der Waals surface area contributed by atoms with E-state index in [1.165, 1.54) is 41.9 Å². The van der Waals surface area contributed by atoms with E-state index < -0.39 is 29.8 Å². The summed E-state index contributed by atoms with van der Waals surface area (Å²) in [6, 6.07) is 4.51. The van der Waals surface area contributed by atoms with Crippen LogP contribution in [0.3, 0.4) is 0 Å². The minimum atomic E-state index is -1.21. The van der Waals surface area contributed by atoms with Gasteiger partial charge < -0.3 is 10.5 Å². The van der Waals surface area contributed by atoms with E-state index in [-0.39, 0.29) is 5.15 Å². The Kier molecular flexibility index (Phi) is 6.30. The van der Waals surface area contributed by atoms with Crippen molar-refractivity contribution in [2.24, 2.45) is 5.73 Å². The van der Waals surface area contributed by atoms with Gasteiger partial charge in [0.15, 0.2) is 6.10 Å². The largest absolute Gasteiger partial charge is 0.449 e. The number of nitrogens with zero attached hydrogens (tertiary/aromatic N) is 2. The summed E-state index contributed by atoms with van der Waals surface area (Å²) < 4.78 is 19.3. The van der Waals surface area contributed by atoms with Crippen molar-refractivity contribution >= 4 is 35.6 Å². The summed E-state index contributed by atoms with van der Waals surface area (Å²) in [6.07, 6.45) is 1.23. The third-order valence-electron chi connectivity index (χ3n) is 3.41. The number of primary amides is 1. The van der Waals surface area contributed by atoms with Gasteiger partial charge in [-0.25, -0.2) is 18.7 Å². The van der Waals surface area contributed by atoms with Gasteiger partial charge in [0.2, 0.25) is 0 Å². The van der Waals surface area contributed by atoms with Gasteiger partial charge in [0.1, 0.15) is 11.0 Å². The zero-order valence-electron chi connectivity index (χ0n) is 14.4. The van der Waals surface area contributed by atoms with E-state index in [0.29, 0.717) is 16.9 Å². The molecule has 2 aromatic rings. The third kappa shape index (κ3) is 5.14. The number of hydrogen-bond acceptors (Lipinski definition) is 5. The number of nitrogens with one attached hydrogen (secondary N) is 1. The lowest BCUT2D eigenvalue weighted by Gasteiger charge is -2.10. The van der Waals surface area contributed by atoms with Crippen molar-refractivity contribution in [1.82, 2.24) is 15.1 Å². The average molecular weight is 395 g/mol. The minimum Gasteiger partial charge on any atom is -0.449 e. The van der Waals surface area contributed by atoms with Crippen LogP contribution >= 0.6 is 11.6 Å². The lowest BCUT2D eigenvalue weighted by Crippen LogP contribution is -2.42. The molecule has 27 heavy (non-hydrogen) atoms. The number of esters is 1. The highest BCUT2D eigenvalue weighted by molar-refractivity contribution is 6.31. The van der Waals surface area contributed by atoms with Crippen LogP contribution in [0.2, 0.25) is 5.15 Å². The lowest BCUT2D eigenvalue weighted by atomic mass is 10.2. The molecule has 0 aliphatic carbocycles. The maximum atomic E-state index is 13.0. The first-order valence-electron chi connectivity index (χ1n) is 7.69. The topological polar surface area (TPSA) is 116 Å². The second kappa shape index (κ2) is 8.45. The van der Waals surface area contributed by atoms with E-state index in [4.69, 9.17) is 22.1 Å². The number of ether oxygens (including phenoxy) is 1. The average Bonchev–Trinajstić information content (AvgIpc) is 2.87. The first-order valence-corrected chi connectivity index (χ1v) is 8.07. The number of imide groups is 1. The molecule has 0 saturated carbocycles. The van der Waals surface area contributed by atoms with Crippen LogP contribution in [-0.4, -0.2) is 33.8 Å². The second-order valence-electron chi connectivity index (χ2n) is 5.44. The Morgan fingerprint density at radius 1 is 1.33 bits per heavy atom. The maximum absolute atomic E-state index is 13.0. The summed E-state index contributed by atoms with van der Waals surface area (Å²) in [5, 5.41) is 6.27. The number of urea groups is 1. The summed E-state index contributed by atoms with van der Waals surface area (Å²) in [7, 11) is 0. The van der Waals surface area contributed by atoms with Crippen LogP contribution in [0.25, 0.3) is 11.8 Å². The number of aryl methyl sites for hydroxylation is 1. The SMILES string of the molecule is Cc1nn(-c2ccc(F)cc2)c(Cl)c1/C=C/C(=O)OC(C)C(=O)NC(N)=O. The predicted octanol–water partition coefficient (Wildman–Crippen LogP) is 2.11. The Morgan fingerprint density at radius 2 is 1.96 bits per heavy atom. The Morgan fingerprint density at radius 3 is 2.56 bits per heavy atom. The minimum absolute atomic E-state index is 0.211. The quantitative estimate of drug-likeness (QED) is 0.595. The third-order valence-corrected chi connectivity index (χ3v) is 3.78. The summed E-state index contributed by atoms with van der Waals surface area (Å²) in [4.78, 5) is 33.9. The van der Waals surface area contributed by atoms with Crippen LogP contribution in [0.4, 0.5) is 9.18 Å². The smallest absolute Gasteiger partial charge is 0.331 e. The van der Waals surface area contributed by atoms with Gasteiger partial charge in [0.05, 0.1) is 11.4 Å². The Labute approximate surface area is 158 Å². The van der Waals surface area contributed by atoms with E-state index in [2.05, 4.69) is 5.10 Å². The van der Waals surface area contributed by atoms with E-state index in [9.17, 15) is 18.8 Å². The molecule has 0 fully saturated rings. The molecule has 0 aliphatic rings. The summed E-state index contributed by atoms with van der Waals surface area (Å²) in [6.45, 7) is 2.97. The first kappa shape index (κ1) is 20.1. The standard InChI is InChI=1S/C17H16ClFN4O4/c1-9-13(7-8-14(24)27-10(2)16(25)21-17(20)26)15(18)23(22-9)12-5-3-11(19)4-6-12/h3-8,10H,1-2H3,(H3,20,21,25,26)/b8-7+. The number of halogens is 2. The molecule has 0 bridgehead atoms. The monoisotopic (exact) mass is 394 g/mol. The van der Waals surface area contributed by atoms with Crippen molar-refractivity contribution < 1.29 is 23.5 Å². The van der Waals surface area contributed by atoms with Gasteiger partial charge in [-0.2, -0.15) is 5.10 Å². The van der Waals surface area contributed by atoms with Crippen LogP contribution in [0, 0.1) is 12.7 Å². The van der Waals surface area contributed by atoms with Gasteiger partial charge in [-0.15, -0.1) is 0 Å². The highest BCUT2D eigenvalue weighted by Crippen LogP contribution is 2.24. The van der Waals surface area contributed by atoms with Crippen LogP contribution in [0.15, 0.2) is 30.3 Å². The summed E-state index contributed by atoms with van der Waals surface area (Å²) in [5.41, 5.74) is 6.34. The van der Waals surface area contributed by atoms with E-state index >= 15 is 0 Å². The molecule has 0 radical (unpaired) electrons. The number of aromatic nitrogens is 2. The molecule has 0 saturated heterocycles. The molecular formula is C17H16ClFN4O4. The molecular weight excluding hydrogens is 379 g/mol. The molecule has 1 aromatic carbocycles. The number of nitrogens with two attached hydrogens (primary N) is 1. The van der Waals surface area contributed by atoms with Crippen LogP contribution in [-0.2, 0) is 14.3 Å². The normalized spacial score (nSPS) is 12.0. The molecule has 3 amide bonds. The highest BCUT2D eigenvalue weighted by atomic mass is 35.5. The Bertz CT molecular complexity index is 908. The predicted molar refractivity (Wildman–Crippen MR) is 95.6 cm³/mol. The van der Waals surface area contributed by atoms with Crippen molar-refractivity contribution in [2.75, 3.05) is 0 Å². The molecule has 0 aliphatic heterocycles. The molecule has 1 atom stereocenters. The van der Waals surface area contributed by atoms with Crippen molar-refractivity contribution in [3.8, 4) is 5.69 Å². The molecule has 1 unspecified atom stereocenters. The van der Waals surface area contributed by atoms with Gasteiger partial charge >= 0.3 is 12.0 Å². The zero-order valence-corrected chi connectivity index (χ0v) is 15.2. The second-order valence-corrected chi connectivity index (χ2v) is 5.80. The van der Waals surface area contributed by atoms with Crippen LogP contribution in [0.1, 0.15) is 18.2 Å². The first-order chi connectivity index (χ1) is 12.7. The Balaban J connectivity index is 2.13. The van der Waals surface area contributed by atoms with Gasteiger partial charge in [-0.3, -0.25) is 10.1 Å². The molecule has 2 rings (SSSR count). The van der Waals surface area contributed by atoms with Gasteiger partial charge in [-0.1, -0.05) is 11.6 Å². The molecule has 1 aromatic heterocycles. The number of hydrogen-bond donors (Lipinski definition) is 2. The van der Waals surface area contributed by atoms with Gasteiger partial charge in [0.25, 0.3) is 5.91 Å². The van der Waals surface area contributed by atoms with E-state index in [0.717, 1.165) is 6.08 Å². The fourth-order valence-corrected chi connectivity index (χ4v) is 2.43. The molecule has 3 N–H and O–H groups in total. The van der Waals surface area contributed by atoms with E-state index in [1.54, 1.807) is 12.2 Å². The van der Waals surface area contributed by atoms with Crippen molar-refractivity contribution in [3.05, 3.63) is 52.6 Å². The van der Waals surface area contributed by atoms with Gasteiger partial charge in [-0.05, 0) is 44.2 Å². The van der Waals surface area contributed by atoms with Crippen LogP contribution in [0.5, 0.6) is 0 Å². The van der Waals surface area contributed by atoms with Gasteiger partial charge in [0, 0.05) is 11.6 Å². The Hall–Kier alpha value is -3.20. The van der Waals surface area contributed by atoms with E-state index in [1.807, 2.05) is 0 Å². The highest BCUT2D eigenvalue weighted by Gasteiger charge is 2.18. The van der Waals surface area contributed by atoms with Crippen molar-refractivity contribution in [2.45, 2.75) is 20.0 Å². The number of amides is 3. The lowest BCUT2D eigenvalue weighted by molar-refractivity contribution is -0.149. The van der Waals surface area contributed by atoms with Crippen molar-refractivity contribution in [3.63, 3.8) is 0 Å². The molecule has 8 nitrogen and oxygen atoms in total. The zero-order chi connectivity index (χ0) is 20.1. The molecule has 142 valence electrons. The van der Waals surface area contributed by atoms with Crippen molar-refractivity contribution in [1.29, 1.82) is 0 Å². The fraction of sp³-hybridized carbons (Fsp3) is 0.176. The number of benzene rings is 1.